The largest absolute Gasteiger partial charge is 0.396 e. The summed E-state index contributed by atoms with van der Waals surface area (Å²) in [6.45, 7) is 6.77. The lowest BCUT2D eigenvalue weighted by Gasteiger charge is -2.60. The van der Waals surface area contributed by atoms with E-state index < -0.39 is 0 Å². The summed E-state index contributed by atoms with van der Waals surface area (Å²) in [5.41, 5.74) is 1.34. The average molecular weight is 400 g/mol. The van der Waals surface area contributed by atoms with Gasteiger partial charge < -0.3 is 10.4 Å². The molecule has 0 aromatic heterocycles. The minimum atomic E-state index is -0.295. The molecule has 5 aliphatic rings. The van der Waals surface area contributed by atoms with Gasteiger partial charge in [-0.3, -0.25) is 9.59 Å². The summed E-state index contributed by atoms with van der Waals surface area (Å²) in [7, 11) is 0. The summed E-state index contributed by atoms with van der Waals surface area (Å²) < 4.78 is 0. The first kappa shape index (κ1) is 19.9. The van der Waals surface area contributed by atoms with Crippen molar-refractivity contribution >= 4 is 11.6 Å². The Morgan fingerprint density at radius 3 is 2.55 bits per heavy atom. The van der Waals surface area contributed by atoms with E-state index in [2.05, 4.69) is 25.2 Å². The first-order valence-electron chi connectivity index (χ1n) is 11.9. The van der Waals surface area contributed by atoms with Crippen LogP contribution in [0.2, 0.25) is 0 Å². The molecule has 5 rings (SSSR count). The molecule has 0 radical (unpaired) electrons. The van der Waals surface area contributed by atoms with Crippen molar-refractivity contribution < 1.29 is 14.7 Å². The molecule has 1 unspecified atom stereocenters. The monoisotopic (exact) mass is 399 g/mol. The predicted molar refractivity (Wildman–Crippen MR) is 112 cm³/mol. The Morgan fingerprint density at radius 2 is 1.86 bits per heavy atom. The van der Waals surface area contributed by atoms with Gasteiger partial charge in [-0.25, -0.2) is 0 Å². The molecule has 1 heterocycles. The van der Waals surface area contributed by atoms with Crippen molar-refractivity contribution in [2.45, 2.75) is 65.2 Å². The molecule has 4 saturated carbocycles. The number of rotatable bonds is 3. The zero-order valence-corrected chi connectivity index (χ0v) is 18.1. The quantitative estimate of drug-likeness (QED) is 0.713. The first-order chi connectivity index (χ1) is 13.9. The van der Waals surface area contributed by atoms with Gasteiger partial charge in [0.25, 0.3) is 0 Å². The summed E-state index contributed by atoms with van der Waals surface area (Å²) in [5.74, 6) is 2.05. The number of carbonyl (C=O) groups excluding carboxylic acids is 2. The number of nitrogens with one attached hydrogen (secondary N) is 1. The fraction of sp³-hybridized carbons (Fsp3) is 0.840. The number of ketones is 2. The number of Topliss-reactive ketones (excluding diaryl/α,β-unsaturated/α-hetero) is 2. The van der Waals surface area contributed by atoms with E-state index in [9.17, 15) is 14.7 Å². The van der Waals surface area contributed by atoms with Crippen molar-refractivity contribution in [1.29, 1.82) is 0 Å². The van der Waals surface area contributed by atoms with E-state index in [1.807, 2.05) is 0 Å². The van der Waals surface area contributed by atoms with Crippen LogP contribution in [0.15, 0.2) is 11.6 Å². The van der Waals surface area contributed by atoms with Crippen molar-refractivity contribution in [2.75, 3.05) is 19.7 Å². The van der Waals surface area contributed by atoms with Crippen molar-refractivity contribution in [1.82, 2.24) is 5.32 Å². The molecule has 4 aliphatic carbocycles. The van der Waals surface area contributed by atoms with Crippen LogP contribution in [-0.4, -0.2) is 36.4 Å². The van der Waals surface area contributed by atoms with Gasteiger partial charge >= 0.3 is 0 Å². The van der Waals surface area contributed by atoms with Gasteiger partial charge in [-0.15, -0.1) is 0 Å². The molecule has 0 amide bonds. The second kappa shape index (κ2) is 7.02. The molecule has 5 fully saturated rings. The number of hydrogen-bond acceptors (Lipinski definition) is 4. The summed E-state index contributed by atoms with van der Waals surface area (Å²) >= 11 is 0. The van der Waals surface area contributed by atoms with Gasteiger partial charge in [0.05, 0.1) is 6.61 Å². The van der Waals surface area contributed by atoms with Crippen molar-refractivity contribution in [3.63, 3.8) is 0 Å². The fourth-order valence-electron chi connectivity index (χ4n) is 8.04. The number of hydrogen-bond donors (Lipinski definition) is 2. The normalized spacial score (nSPS) is 48.8. The van der Waals surface area contributed by atoms with E-state index in [-0.39, 0.29) is 46.9 Å². The molecule has 0 spiro atoms. The molecule has 2 N–H and O–H groups in total. The van der Waals surface area contributed by atoms with E-state index in [1.54, 1.807) is 0 Å². The molecule has 0 aromatic rings. The smallest absolute Gasteiger partial charge is 0.142 e. The highest BCUT2D eigenvalue weighted by molar-refractivity contribution is 5.91. The highest BCUT2D eigenvalue weighted by Crippen LogP contribution is 2.66. The fourth-order valence-corrected chi connectivity index (χ4v) is 8.04. The SMILES string of the molecule is C[C@]12CC/C(=C/CC3CNC3)CC1[C@@H](CO)C(=O)[C@@H]1[C@@H]2CC[C@]2(C)C(=O)CC[C@@H]12. The lowest BCUT2D eigenvalue weighted by atomic mass is 9.42. The number of carbonyl (C=O) groups is 2. The van der Waals surface area contributed by atoms with E-state index >= 15 is 0 Å². The Morgan fingerprint density at radius 1 is 1.07 bits per heavy atom. The highest BCUT2D eigenvalue weighted by Gasteiger charge is 2.64. The molecule has 4 nitrogen and oxygen atoms in total. The topological polar surface area (TPSA) is 66.4 Å². The van der Waals surface area contributed by atoms with Crippen LogP contribution >= 0.6 is 0 Å². The van der Waals surface area contributed by atoms with Crippen LogP contribution in [0.3, 0.4) is 0 Å². The summed E-state index contributed by atoms with van der Waals surface area (Å²) in [4.78, 5) is 26.4. The number of aliphatic hydroxyl groups is 1. The Hall–Kier alpha value is -1.00. The van der Waals surface area contributed by atoms with Crippen LogP contribution in [0.25, 0.3) is 0 Å². The zero-order chi connectivity index (χ0) is 20.4. The standard InChI is InChI=1S/C25H37NO3/c1-24-9-7-15(3-4-16-12-26-13-16)11-20(24)17(14-27)23(29)22-18-5-6-21(28)25(18,2)10-8-19(22)24/h3,16-20,22,26-27H,4-14H2,1-2H3/b15-3-/t17-,18+,19+,20?,22+,24-,25+/m1/s1. The molecule has 160 valence electrons. The van der Waals surface area contributed by atoms with Crippen LogP contribution in [0.1, 0.15) is 65.2 Å². The third-order valence-corrected chi connectivity index (χ3v) is 10.1. The zero-order valence-electron chi connectivity index (χ0n) is 18.1. The summed E-state index contributed by atoms with van der Waals surface area (Å²) in [5, 5.41) is 13.6. The number of fused-ring (bicyclic) bond motifs is 5. The lowest BCUT2D eigenvalue weighted by Crippen LogP contribution is -2.60. The van der Waals surface area contributed by atoms with Crippen LogP contribution in [0, 0.1) is 46.3 Å². The van der Waals surface area contributed by atoms with Gasteiger partial charge in [0.15, 0.2) is 0 Å². The van der Waals surface area contributed by atoms with Gasteiger partial charge in [-0.2, -0.15) is 0 Å². The van der Waals surface area contributed by atoms with E-state index in [4.69, 9.17) is 0 Å². The van der Waals surface area contributed by atoms with Crippen LogP contribution < -0.4 is 5.32 Å². The third-order valence-electron chi connectivity index (χ3n) is 10.1. The summed E-state index contributed by atoms with van der Waals surface area (Å²) in [6.07, 6.45) is 10.3. The minimum Gasteiger partial charge on any atom is -0.396 e. The second-order valence-corrected chi connectivity index (χ2v) is 11.3. The first-order valence-corrected chi connectivity index (χ1v) is 11.9. The highest BCUT2D eigenvalue weighted by atomic mass is 16.3. The van der Waals surface area contributed by atoms with Gasteiger partial charge in [-0.05, 0) is 87.1 Å². The van der Waals surface area contributed by atoms with Gasteiger partial charge in [0.2, 0.25) is 0 Å². The van der Waals surface area contributed by atoms with Crippen molar-refractivity contribution in [3.8, 4) is 0 Å². The van der Waals surface area contributed by atoms with Crippen molar-refractivity contribution in [2.24, 2.45) is 46.3 Å². The second-order valence-electron chi connectivity index (χ2n) is 11.3. The van der Waals surface area contributed by atoms with Crippen LogP contribution in [-0.2, 0) is 9.59 Å². The Bertz CT molecular complexity index is 740. The van der Waals surface area contributed by atoms with E-state index in [0.29, 0.717) is 18.1 Å². The van der Waals surface area contributed by atoms with E-state index in [1.165, 1.54) is 5.57 Å². The average Bonchev–Trinajstić information content (AvgIpc) is 2.97. The maximum Gasteiger partial charge on any atom is 0.142 e. The lowest BCUT2D eigenvalue weighted by molar-refractivity contribution is -0.167. The molecule has 4 heteroatoms. The predicted octanol–water partition coefficient (Wildman–Crippen LogP) is 3.53. The van der Waals surface area contributed by atoms with E-state index in [0.717, 1.165) is 64.0 Å². The maximum absolute atomic E-state index is 13.7. The van der Waals surface area contributed by atoms with Gasteiger partial charge in [0, 0.05) is 23.7 Å². The van der Waals surface area contributed by atoms with Gasteiger partial charge in [0.1, 0.15) is 11.6 Å². The van der Waals surface area contributed by atoms with Crippen LogP contribution in [0.4, 0.5) is 0 Å². The summed E-state index contributed by atoms with van der Waals surface area (Å²) in [6, 6.07) is 0. The molecule has 0 bridgehead atoms. The molecular weight excluding hydrogens is 362 g/mol. The maximum atomic E-state index is 13.7. The Labute approximate surface area is 174 Å². The third kappa shape index (κ3) is 2.85. The molecule has 7 atom stereocenters. The number of allylic oxidation sites excluding steroid dienone is 2. The Kier molecular flexibility index (Phi) is 4.82. The molecular formula is C25H37NO3. The molecule has 29 heavy (non-hydrogen) atoms. The van der Waals surface area contributed by atoms with Gasteiger partial charge in [-0.1, -0.05) is 25.5 Å². The molecule has 0 aromatic carbocycles. The molecule has 1 aliphatic heterocycles. The minimum absolute atomic E-state index is 0.00909. The molecule has 1 saturated heterocycles. The number of aliphatic hydroxyl groups excluding tert-OH is 1. The Balaban J connectivity index is 1.44. The van der Waals surface area contributed by atoms with Crippen LogP contribution in [0.5, 0.6) is 0 Å². The van der Waals surface area contributed by atoms with Crippen molar-refractivity contribution in [3.05, 3.63) is 11.6 Å².